The molecule has 198 valence electrons. The van der Waals surface area contributed by atoms with Gasteiger partial charge in [-0.25, -0.2) is 4.98 Å². The number of para-hydroxylation sites is 1. The second kappa shape index (κ2) is 11.6. The van der Waals surface area contributed by atoms with Crippen LogP contribution in [0.1, 0.15) is 50.3 Å². The lowest BCUT2D eigenvalue weighted by Gasteiger charge is -2.18. The summed E-state index contributed by atoms with van der Waals surface area (Å²) in [5, 5.41) is 15.4. The van der Waals surface area contributed by atoms with Crippen LogP contribution in [0.5, 0.6) is 17.2 Å². The van der Waals surface area contributed by atoms with Crippen LogP contribution in [0.3, 0.4) is 0 Å². The number of hydrogen-bond acceptors (Lipinski definition) is 6. The first-order valence-corrected chi connectivity index (χ1v) is 13.5. The van der Waals surface area contributed by atoms with Gasteiger partial charge in [0.2, 0.25) is 0 Å². The Morgan fingerprint density at radius 2 is 1.82 bits per heavy atom. The Balaban J connectivity index is 1.98. The molecule has 0 aliphatic heterocycles. The second-order valence-electron chi connectivity index (χ2n) is 8.98. The molecule has 4 aromatic rings. The van der Waals surface area contributed by atoms with Gasteiger partial charge in [0, 0.05) is 15.6 Å². The number of fused-ring (bicyclic) bond motifs is 1. The van der Waals surface area contributed by atoms with Gasteiger partial charge in [-0.1, -0.05) is 37.6 Å². The molecule has 0 fully saturated rings. The standard InChI is InChI=1S/C29H29BrClN3O4/c1-6-37-23-12-17(5)21(14-20(23)16(3)4)28-33-22-11-9-8-10-19(22)29(36)34(28)32-15-18-13-24(38-7-2)27(35)26(31)25(18)30/h8-16,35H,6-7H2,1-5H3. The van der Waals surface area contributed by atoms with Crippen molar-refractivity contribution in [1.29, 1.82) is 0 Å². The van der Waals surface area contributed by atoms with E-state index < -0.39 is 0 Å². The summed E-state index contributed by atoms with van der Waals surface area (Å²) in [6, 6.07) is 12.8. The number of rotatable bonds is 8. The molecule has 0 atom stereocenters. The highest BCUT2D eigenvalue weighted by molar-refractivity contribution is 9.10. The van der Waals surface area contributed by atoms with Gasteiger partial charge in [-0.05, 0) is 84.1 Å². The van der Waals surface area contributed by atoms with Gasteiger partial charge < -0.3 is 14.6 Å². The van der Waals surface area contributed by atoms with Gasteiger partial charge in [0.05, 0.1) is 30.3 Å². The Labute approximate surface area is 234 Å². The van der Waals surface area contributed by atoms with Gasteiger partial charge in [-0.3, -0.25) is 4.79 Å². The number of phenolic OH excluding ortho intramolecular Hbond substituents is 1. The van der Waals surface area contributed by atoms with Crippen LogP contribution in [0.15, 0.2) is 56.8 Å². The molecular weight excluding hydrogens is 570 g/mol. The number of ether oxygens (including phenoxy) is 2. The van der Waals surface area contributed by atoms with E-state index in [1.165, 1.54) is 10.9 Å². The van der Waals surface area contributed by atoms with Crippen molar-refractivity contribution in [2.45, 2.75) is 40.5 Å². The van der Waals surface area contributed by atoms with Crippen molar-refractivity contribution in [3.05, 3.63) is 79.0 Å². The second-order valence-corrected chi connectivity index (χ2v) is 10.2. The predicted molar refractivity (Wildman–Crippen MR) is 156 cm³/mol. The van der Waals surface area contributed by atoms with E-state index in [-0.39, 0.29) is 28.0 Å². The van der Waals surface area contributed by atoms with E-state index in [2.05, 4.69) is 34.9 Å². The summed E-state index contributed by atoms with van der Waals surface area (Å²) in [6.07, 6.45) is 1.49. The highest BCUT2D eigenvalue weighted by Crippen LogP contribution is 2.41. The smallest absolute Gasteiger partial charge is 0.282 e. The van der Waals surface area contributed by atoms with Gasteiger partial charge >= 0.3 is 0 Å². The average Bonchev–Trinajstić information content (AvgIpc) is 2.89. The van der Waals surface area contributed by atoms with E-state index in [9.17, 15) is 9.90 Å². The number of nitrogens with zero attached hydrogens (tertiary/aromatic N) is 3. The number of aromatic nitrogens is 2. The van der Waals surface area contributed by atoms with Gasteiger partial charge in [-0.15, -0.1) is 0 Å². The molecule has 0 radical (unpaired) electrons. The fraction of sp³-hybridized carbons (Fsp3) is 0.276. The maximum atomic E-state index is 13.7. The molecule has 9 heteroatoms. The van der Waals surface area contributed by atoms with Crippen molar-refractivity contribution in [3.8, 4) is 28.6 Å². The Bertz CT molecular complexity index is 1600. The molecule has 0 saturated carbocycles. The van der Waals surface area contributed by atoms with Crippen LogP contribution in [0.4, 0.5) is 0 Å². The highest BCUT2D eigenvalue weighted by Gasteiger charge is 2.19. The summed E-state index contributed by atoms with van der Waals surface area (Å²) in [4.78, 5) is 18.6. The summed E-state index contributed by atoms with van der Waals surface area (Å²) in [5.74, 6) is 1.45. The van der Waals surface area contributed by atoms with Crippen molar-refractivity contribution >= 4 is 44.6 Å². The van der Waals surface area contributed by atoms with Gasteiger partial charge in [0.25, 0.3) is 5.56 Å². The van der Waals surface area contributed by atoms with E-state index in [1.54, 1.807) is 25.1 Å². The molecule has 7 nitrogen and oxygen atoms in total. The molecular formula is C29H29BrClN3O4. The van der Waals surface area contributed by atoms with E-state index in [0.29, 0.717) is 40.0 Å². The van der Waals surface area contributed by atoms with Crippen LogP contribution < -0.4 is 15.0 Å². The topological polar surface area (TPSA) is 85.9 Å². The molecule has 1 N–H and O–H groups in total. The summed E-state index contributed by atoms with van der Waals surface area (Å²) in [7, 11) is 0. The molecule has 0 bridgehead atoms. The lowest BCUT2D eigenvalue weighted by Crippen LogP contribution is -2.21. The Kier molecular flexibility index (Phi) is 8.43. The van der Waals surface area contributed by atoms with Crippen LogP contribution in [0.2, 0.25) is 5.02 Å². The zero-order valence-electron chi connectivity index (χ0n) is 21.9. The minimum Gasteiger partial charge on any atom is -0.503 e. The minimum atomic E-state index is -0.313. The number of aryl methyl sites for hydroxylation is 1. The fourth-order valence-electron chi connectivity index (χ4n) is 4.17. The number of phenols is 1. The lowest BCUT2D eigenvalue weighted by atomic mass is 9.96. The third-order valence-electron chi connectivity index (χ3n) is 6.06. The van der Waals surface area contributed by atoms with E-state index >= 15 is 0 Å². The molecule has 38 heavy (non-hydrogen) atoms. The van der Waals surface area contributed by atoms with Gasteiger partial charge in [0.15, 0.2) is 17.3 Å². The SMILES string of the molecule is CCOc1cc(C)c(-c2nc3ccccc3c(=O)n2N=Cc2cc(OCC)c(O)c(Cl)c2Br)cc1C(C)C. The Hall–Kier alpha value is -3.36. The largest absolute Gasteiger partial charge is 0.503 e. The van der Waals surface area contributed by atoms with Crippen molar-refractivity contribution in [1.82, 2.24) is 9.66 Å². The summed E-state index contributed by atoms with van der Waals surface area (Å²) in [6.45, 7) is 10.8. The normalized spacial score (nSPS) is 11.6. The van der Waals surface area contributed by atoms with Gasteiger partial charge in [0.1, 0.15) is 10.8 Å². The monoisotopic (exact) mass is 597 g/mol. The first kappa shape index (κ1) is 27.7. The first-order chi connectivity index (χ1) is 18.2. The molecule has 4 rings (SSSR count). The summed E-state index contributed by atoms with van der Waals surface area (Å²) in [5.41, 5.74) is 3.47. The molecule has 0 unspecified atom stereocenters. The van der Waals surface area contributed by atoms with E-state index in [4.69, 9.17) is 26.1 Å². The van der Waals surface area contributed by atoms with E-state index in [1.807, 2.05) is 38.1 Å². The molecule has 0 spiro atoms. The molecule has 1 aromatic heterocycles. The first-order valence-electron chi connectivity index (χ1n) is 12.3. The Morgan fingerprint density at radius 3 is 2.50 bits per heavy atom. The van der Waals surface area contributed by atoms with Crippen LogP contribution in [-0.4, -0.2) is 34.2 Å². The number of halogens is 2. The van der Waals surface area contributed by atoms with Crippen LogP contribution in [-0.2, 0) is 0 Å². The molecule has 0 aliphatic rings. The number of hydrogen-bond donors (Lipinski definition) is 1. The zero-order chi connectivity index (χ0) is 27.6. The lowest BCUT2D eigenvalue weighted by molar-refractivity contribution is 0.318. The minimum absolute atomic E-state index is 0.0885. The predicted octanol–water partition coefficient (Wildman–Crippen LogP) is 7.30. The molecule has 3 aromatic carbocycles. The summed E-state index contributed by atoms with van der Waals surface area (Å²) >= 11 is 9.73. The van der Waals surface area contributed by atoms with Crippen molar-refractivity contribution in [3.63, 3.8) is 0 Å². The quantitative estimate of drug-likeness (QED) is 0.215. The fourth-order valence-corrected chi connectivity index (χ4v) is 4.77. The third-order valence-corrected chi connectivity index (χ3v) is 7.51. The molecule has 1 heterocycles. The average molecular weight is 599 g/mol. The molecule has 0 saturated heterocycles. The van der Waals surface area contributed by atoms with Crippen molar-refractivity contribution < 1.29 is 14.6 Å². The van der Waals surface area contributed by atoms with Crippen LogP contribution in [0.25, 0.3) is 22.3 Å². The Morgan fingerprint density at radius 1 is 1.13 bits per heavy atom. The number of aromatic hydroxyl groups is 1. The van der Waals surface area contributed by atoms with Crippen molar-refractivity contribution in [2.75, 3.05) is 13.2 Å². The zero-order valence-corrected chi connectivity index (χ0v) is 24.2. The van der Waals surface area contributed by atoms with Crippen molar-refractivity contribution in [2.24, 2.45) is 5.10 Å². The molecule has 0 aliphatic carbocycles. The number of benzene rings is 3. The summed E-state index contributed by atoms with van der Waals surface area (Å²) < 4.78 is 13.1. The molecule has 0 amide bonds. The third kappa shape index (κ3) is 5.28. The van der Waals surface area contributed by atoms with Crippen LogP contribution in [0, 0.1) is 6.92 Å². The maximum absolute atomic E-state index is 13.7. The maximum Gasteiger partial charge on any atom is 0.282 e. The van der Waals surface area contributed by atoms with Crippen LogP contribution >= 0.6 is 27.5 Å². The van der Waals surface area contributed by atoms with E-state index in [0.717, 1.165) is 22.4 Å². The highest BCUT2D eigenvalue weighted by atomic mass is 79.9. The van der Waals surface area contributed by atoms with Gasteiger partial charge in [-0.2, -0.15) is 9.78 Å².